The molecule has 22 heavy (non-hydrogen) atoms. The number of nitrogen functional groups attached to an aromatic ring is 1. The summed E-state index contributed by atoms with van der Waals surface area (Å²) in [6.07, 6.45) is 0. The third-order valence-electron chi connectivity index (χ3n) is 3.69. The van der Waals surface area contributed by atoms with Crippen LogP contribution < -0.4 is 15.2 Å². The number of para-hydroxylation sites is 1. The van der Waals surface area contributed by atoms with E-state index in [0.717, 1.165) is 22.6 Å². The lowest BCUT2D eigenvalue weighted by Crippen LogP contribution is -2.03. The number of hydrogen-bond acceptors (Lipinski definition) is 5. The highest BCUT2D eigenvalue weighted by molar-refractivity contribution is 5.73. The quantitative estimate of drug-likeness (QED) is 0.786. The van der Waals surface area contributed by atoms with Crippen molar-refractivity contribution in [1.29, 1.82) is 0 Å². The van der Waals surface area contributed by atoms with Gasteiger partial charge in [0.2, 0.25) is 6.79 Å². The topological polar surface area (TPSA) is 75.2 Å². The summed E-state index contributed by atoms with van der Waals surface area (Å²) in [5.74, 6) is 1.92. The molecule has 0 atom stereocenters. The van der Waals surface area contributed by atoms with Crippen molar-refractivity contribution < 1.29 is 9.47 Å². The van der Waals surface area contributed by atoms with Gasteiger partial charge in [-0.2, -0.15) is 4.68 Å². The summed E-state index contributed by atoms with van der Waals surface area (Å²) in [5.41, 5.74) is 9.72. The average Bonchev–Trinajstić information content (AvgIpc) is 3.13. The van der Waals surface area contributed by atoms with Crippen LogP contribution in [0.3, 0.4) is 0 Å². The molecular formula is C16H14N4O2. The number of ether oxygens (including phenoxy) is 2. The standard InChI is InChI=1S/C16H14N4O2/c1-10-4-2-3-5-12(10)20-16(17)15(18-19-20)11-6-7-13-14(8-11)22-9-21-13/h2-8H,9,17H2,1H3. The minimum atomic E-state index is 0.240. The van der Waals surface area contributed by atoms with Crippen LogP contribution in [0.4, 0.5) is 5.82 Å². The molecule has 0 radical (unpaired) electrons. The van der Waals surface area contributed by atoms with E-state index < -0.39 is 0 Å². The largest absolute Gasteiger partial charge is 0.454 e. The van der Waals surface area contributed by atoms with Crippen LogP contribution in [-0.2, 0) is 0 Å². The third-order valence-corrected chi connectivity index (χ3v) is 3.69. The lowest BCUT2D eigenvalue weighted by Gasteiger charge is -2.06. The average molecular weight is 294 g/mol. The fraction of sp³-hybridized carbons (Fsp3) is 0.125. The van der Waals surface area contributed by atoms with E-state index in [-0.39, 0.29) is 6.79 Å². The highest BCUT2D eigenvalue weighted by Crippen LogP contribution is 2.37. The molecule has 0 aliphatic carbocycles. The summed E-state index contributed by atoms with van der Waals surface area (Å²) < 4.78 is 12.4. The Kier molecular flexibility index (Phi) is 2.75. The van der Waals surface area contributed by atoms with Crippen LogP contribution in [0.2, 0.25) is 0 Å². The summed E-state index contributed by atoms with van der Waals surface area (Å²) in [6, 6.07) is 13.5. The lowest BCUT2D eigenvalue weighted by molar-refractivity contribution is 0.174. The summed E-state index contributed by atoms with van der Waals surface area (Å²) in [5, 5.41) is 8.41. The monoisotopic (exact) mass is 294 g/mol. The molecular weight excluding hydrogens is 280 g/mol. The molecule has 2 N–H and O–H groups in total. The molecule has 2 aromatic carbocycles. The summed E-state index contributed by atoms with van der Waals surface area (Å²) in [6.45, 7) is 2.25. The van der Waals surface area contributed by atoms with Crippen molar-refractivity contribution in [3.05, 3.63) is 48.0 Å². The van der Waals surface area contributed by atoms with Crippen LogP contribution in [0, 0.1) is 6.92 Å². The minimum absolute atomic E-state index is 0.240. The van der Waals surface area contributed by atoms with Crippen LogP contribution in [-0.4, -0.2) is 21.8 Å². The SMILES string of the molecule is Cc1ccccc1-n1nnc(-c2ccc3c(c2)OCO3)c1N. The van der Waals surface area contributed by atoms with Crippen molar-refractivity contribution in [2.24, 2.45) is 0 Å². The van der Waals surface area contributed by atoms with Gasteiger partial charge in [-0.1, -0.05) is 23.4 Å². The Morgan fingerprint density at radius 1 is 1.09 bits per heavy atom. The fourth-order valence-electron chi connectivity index (χ4n) is 2.52. The molecule has 0 saturated carbocycles. The van der Waals surface area contributed by atoms with E-state index in [1.165, 1.54) is 0 Å². The van der Waals surface area contributed by atoms with Gasteiger partial charge in [-0.15, -0.1) is 5.10 Å². The second-order valence-electron chi connectivity index (χ2n) is 5.09. The van der Waals surface area contributed by atoms with Crippen molar-refractivity contribution >= 4 is 5.82 Å². The van der Waals surface area contributed by atoms with Gasteiger partial charge in [0, 0.05) is 5.56 Å². The molecule has 0 saturated heterocycles. The van der Waals surface area contributed by atoms with Gasteiger partial charge in [0.15, 0.2) is 17.3 Å². The number of anilines is 1. The molecule has 0 spiro atoms. The number of nitrogens with zero attached hydrogens (tertiary/aromatic N) is 3. The summed E-state index contributed by atoms with van der Waals surface area (Å²) in [7, 11) is 0. The minimum Gasteiger partial charge on any atom is -0.454 e. The highest BCUT2D eigenvalue weighted by atomic mass is 16.7. The molecule has 2 heterocycles. The van der Waals surface area contributed by atoms with Gasteiger partial charge >= 0.3 is 0 Å². The fourth-order valence-corrected chi connectivity index (χ4v) is 2.52. The van der Waals surface area contributed by atoms with Gasteiger partial charge in [0.05, 0.1) is 5.69 Å². The van der Waals surface area contributed by atoms with Gasteiger partial charge < -0.3 is 15.2 Å². The van der Waals surface area contributed by atoms with E-state index in [9.17, 15) is 0 Å². The predicted molar refractivity (Wildman–Crippen MR) is 82.1 cm³/mol. The van der Waals surface area contributed by atoms with Crippen LogP contribution in [0.5, 0.6) is 11.5 Å². The second-order valence-corrected chi connectivity index (χ2v) is 5.09. The Hall–Kier alpha value is -3.02. The van der Waals surface area contributed by atoms with Crippen molar-refractivity contribution in [2.75, 3.05) is 12.5 Å². The van der Waals surface area contributed by atoms with Crippen LogP contribution >= 0.6 is 0 Å². The second kappa shape index (κ2) is 4.77. The first-order valence-electron chi connectivity index (χ1n) is 6.91. The van der Waals surface area contributed by atoms with Crippen molar-refractivity contribution in [3.8, 4) is 28.4 Å². The maximum atomic E-state index is 6.25. The third kappa shape index (κ3) is 1.88. The number of aromatic nitrogens is 3. The molecule has 0 bridgehead atoms. The first-order chi connectivity index (χ1) is 10.7. The van der Waals surface area contributed by atoms with Crippen molar-refractivity contribution in [2.45, 2.75) is 6.92 Å². The molecule has 110 valence electrons. The Morgan fingerprint density at radius 3 is 2.77 bits per heavy atom. The van der Waals surface area contributed by atoms with E-state index >= 15 is 0 Å². The van der Waals surface area contributed by atoms with Crippen LogP contribution in [0.15, 0.2) is 42.5 Å². The van der Waals surface area contributed by atoms with Crippen molar-refractivity contribution in [3.63, 3.8) is 0 Å². The molecule has 6 heteroatoms. The van der Waals surface area contributed by atoms with E-state index in [2.05, 4.69) is 10.3 Å². The number of fused-ring (bicyclic) bond motifs is 1. The number of rotatable bonds is 2. The lowest BCUT2D eigenvalue weighted by atomic mass is 10.1. The maximum Gasteiger partial charge on any atom is 0.231 e. The zero-order valence-corrected chi connectivity index (χ0v) is 12.0. The van der Waals surface area contributed by atoms with E-state index in [1.807, 2.05) is 49.4 Å². The molecule has 6 nitrogen and oxygen atoms in total. The molecule has 3 aromatic rings. The number of aryl methyl sites for hydroxylation is 1. The van der Waals surface area contributed by atoms with E-state index in [0.29, 0.717) is 17.3 Å². The molecule has 1 aromatic heterocycles. The normalized spacial score (nSPS) is 12.6. The molecule has 1 aliphatic heterocycles. The molecule has 0 unspecified atom stereocenters. The Balaban J connectivity index is 1.80. The maximum absolute atomic E-state index is 6.25. The predicted octanol–water partition coefficient (Wildman–Crippen LogP) is 2.55. The van der Waals surface area contributed by atoms with Crippen LogP contribution in [0.1, 0.15) is 5.56 Å². The van der Waals surface area contributed by atoms with Gasteiger partial charge in [0.1, 0.15) is 5.69 Å². The van der Waals surface area contributed by atoms with Crippen LogP contribution in [0.25, 0.3) is 16.9 Å². The smallest absolute Gasteiger partial charge is 0.231 e. The molecule has 4 rings (SSSR count). The first-order valence-corrected chi connectivity index (χ1v) is 6.91. The van der Waals surface area contributed by atoms with E-state index in [1.54, 1.807) is 4.68 Å². The molecule has 0 fully saturated rings. The molecule has 1 aliphatic rings. The molecule has 0 amide bonds. The summed E-state index contributed by atoms with van der Waals surface area (Å²) >= 11 is 0. The van der Waals surface area contributed by atoms with E-state index in [4.69, 9.17) is 15.2 Å². The van der Waals surface area contributed by atoms with Gasteiger partial charge in [-0.05, 0) is 36.8 Å². The number of benzene rings is 2. The number of hydrogen-bond donors (Lipinski definition) is 1. The summed E-state index contributed by atoms with van der Waals surface area (Å²) in [4.78, 5) is 0. The van der Waals surface area contributed by atoms with Gasteiger partial charge in [-0.25, -0.2) is 0 Å². The Bertz CT molecular complexity index is 857. The van der Waals surface area contributed by atoms with Gasteiger partial charge in [0.25, 0.3) is 0 Å². The highest BCUT2D eigenvalue weighted by Gasteiger charge is 2.18. The zero-order valence-electron chi connectivity index (χ0n) is 12.0. The Labute approximate surface area is 127 Å². The van der Waals surface area contributed by atoms with Gasteiger partial charge in [-0.3, -0.25) is 0 Å². The zero-order chi connectivity index (χ0) is 15.1. The number of nitrogens with two attached hydrogens (primary N) is 1. The van der Waals surface area contributed by atoms with Crippen molar-refractivity contribution in [1.82, 2.24) is 15.0 Å². The Morgan fingerprint density at radius 2 is 1.91 bits per heavy atom. The first kappa shape index (κ1) is 12.7.